The second kappa shape index (κ2) is 16.5. The standard InChI is InChI=1S/C47H50N4O5Si/c1-32-42(27-20-33-18-21-35(22-19-33)51-41-15-9-11-17-44(41)56-43-16-10-8-14-38(43)47(51)53)55-45(46(32)57(3,4)37-25-23-36(54-2)24-26-37)28-29-50-30-40(48-49-50)39(31-52)34-12-6-5-7-13-34/h5-19,21-26,30,32,39,42,45-46,52H,20,27-29,31H2,1-4H3/t32-,39?,42+,45-,46+/m1/s1. The fourth-order valence-electron chi connectivity index (χ4n) is 9.00. The number of fused-ring (bicyclic) bond motifs is 2. The van der Waals surface area contributed by atoms with Gasteiger partial charge < -0.3 is 19.3 Å². The molecule has 8 rings (SSSR count). The van der Waals surface area contributed by atoms with Crippen LogP contribution in [0.15, 0.2) is 134 Å². The number of hydrogen-bond acceptors (Lipinski definition) is 7. The predicted octanol–water partition coefficient (Wildman–Crippen LogP) is 8.91. The molecular formula is C47H50N4O5Si. The summed E-state index contributed by atoms with van der Waals surface area (Å²) >= 11 is 0. The van der Waals surface area contributed by atoms with Crippen LogP contribution in [0.2, 0.25) is 18.6 Å². The highest BCUT2D eigenvalue weighted by molar-refractivity contribution is 6.91. The van der Waals surface area contributed by atoms with E-state index < -0.39 is 8.07 Å². The summed E-state index contributed by atoms with van der Waals surface area (Å²) in [7, 11) is -0.351. The Morgan fingerprint density at radius 1 is 0.825 bits per heavy atom. The van der Waals surface area contributed by atoms with Crippen molar-refractivity contribution in [3.63, 3.8) is 0 Å². The van der Waals surface area contributed by atoms with Crippen molar-refractivity contribution in [2.24, 2.45) is 5.92 Å². The molecule has 1 aromatic heterocycles. The molecule has 0 saturated carbocycles. The lowest BCUT2D eigenvalue weighted by molar-refractivity contribution is 0.0249. The van der Waals surface area contributed by atoms with Crippen LogP contribution in [0.1, 0.15) is 52.9 Å². The molecule has 1 amide bonds. The van der Waals surface area contributed by atoms with Crippen LogP contribution in [-0.2, 0) is 17.7 Å². The summed E-state index contributed by atoms with van der Waals surface area (Å²) < 4.78 is 20.7. The van der Waals surface area contributed by atoms with Gasteiger partial charge in [0, 0.05) is 18.4 Å². The molecule has 9 nitrogen and oxygen atoms in total. The molecular weight excluding hydrogens is 729 g/mol. The normalized spacial score (nSPS) is 19.7. The molecule has 57 heavy (non-hydrogen) atoms. The van der Waals surface area contributed by atoms with E-state index in [0.717, 1.165) is 42.0 Å². The lowest BCUT2D eigenvalue weighted by Crippen LogP contribution is -2.50. The Morgan fingerprint density at radius 3 is 2.26 bits per heavy atom. The molecule has 0 radical (unpaired) electrons. The van der Waals surface area contributed by atoms with Crippen molar-refractivity contribution >= 4 is 30.5 Å². The molecule has 5 aromatic carbocycles. The number of para-hydroxylation sites is 3. The van der Waals surface area contributed by atoms with Crippen LogP contribution < -0.4 is 19.6 Å². The Labute approximate surface area is 335 Å². The summed E-state index contributed by atoms with van der Waals surface area (Å²) in [5.41, 5.74) is 5.38. The highest BCUT2D eigenvalue weighted by Crippen LogP contribution is 2.47. The first-order chi connectivity index (χ1) is 27.7. The number of nitrogens with zero attached hydrogens (tertiary/aromatic N) is 4. The number of aliphatic hydroxyl groups excluding tert-OH is 1. The summed E-state index contributed by atoms with van der Waals surface area (Å²) in [6.45, 7) is 7.95. The lowest BCUT2D eigenvalue weighted by Gasteiger charge is -2.36. The molecule has 0 bridgehead atoms. The zero-order valence-corrected chi connectivity index (χ0v) is 34.0. The topological polar surface area (TPSA) is 98.9 Å². The summed E-state index contributed by atoms with van der Waals surface area (Å²) in [6, 6.07) is 42.0. The third-order valence-corrected chi connectivity index (χ3v) is 16.5. The van der Waals surface area contributed by atoms with Gasteiger partial charge in [-0.25, -0.2) is 0 Å². The van der Waals surface area contributed by atoms with Crippen molar-refractivity contribution in [1.82, 2.24) is 15.0 Å². The minimum Gasteiger partial charge on any atom is -0.497 e. The summed E-state index contributed by atoms with van der Waals surface area (Å²) in [5, 5.41) is 20.6. The highest BCUT2D eigenvalue weighted by Gasteiger charge is 2.50. The number of aliphatic hydroxyl groups is 1. The van der Waals surface area contributed by atoms with Gasteiger partial charge in [-0.1, -0.05) is 109 Å². The monoisotopic (exact) mass is 778 g/mol. The van der Waals surface area contributed by atoms with Gasteiger partial charge in [0.25, 0.3) is 5.91 Å². The van der Waals surface area contributed by atoms with Gasteiger partial charge in [0.15, 0.2) is 5.75 Å². The van der Waals surface area contributed by atoms with Gasteiger partial charge >= 0.3 is 0 Å². The van der Waals surface area contributed by atoms with E-state index in [4.69, 9.17) is 14.2 Å². The number of rotatable bonds is 13. The number of hydrogen-bond donors (Lipinski definition) is 1. The van der Waals surface area contributed by atoms with E-state index in [2.05, 4.69) is 66.7 Å². The van der Waals surface area contributed by atoms with Crippen molar-refractivity contribution < 1.29 is 24.1 Å². The summed E-state index contributed by atoms with van der Waals surface area (Å²) in [4.78, 5) is 15.7. The second-order valence-corrected chi connectivity index (χ2v) is 20.5. The number of methoxy groups -OCH3 is 1. The maximum atomic E-state index is 14.0. The number of amides is 1. The third-order valence-electron chi connectivity index (χ3n) is 12.1. The smallest absolute Gasteiger partial charge is 0.266 e. The van der Waals surface area contributed by atoms with Gasteiger partial charge in [0.1, 0.15) is 11.5 Å². The molecule has 6 aromatic rings. The van der Waals surface area contributed by atoms with Gasteiger partial charge in [0.2, 0.25) is 0 Å². The first-order valence-electron chi connectivity index (χ1n) is 19.9. The third kappa shape index (κ3) is 7.77. The Bertz CT molecular complexity index is 2300. The second-order valence-electron chi connectivity index (χ2n) is 15.8. The maximum Gasteiger partial charge on any atom is 0.266 e. The molecule has 1 fully saturated rings. The SMILES string of the molecule is COc1ccc([Si](C)(C)[C@H]2[C@H](C)[C@H](CCc3ccc(N4C(=O)c5ccccc5Oc5ccccc54)cc3)O[C@@H]2CCn2cc(C(CO)c3ccccc3)nn2)cc1. The fraction of sp³-hybridized carbons (Fsp3) is 0.298. The van der Waals surface area contributed by atoms with E-state index in [0.29, 0.717) is 40.8 Å². The average molecular weight is 779 g/mol. The van der Waals surface area contributed by atoms with E-state index in [9.17, 15) is 9.90 Å². The predicted molar refractivity (Wildman–Crippen MR) is 226 cm³/mol. The molecule has 5 atom stereocenters. The Hall–Kier alpha value is -5.55. The van der Waals surface area contributed by atoms with Crippen molar-refractivity contribution in [2.75, 3.05) is 18.6 Å². The molecule has 1 saturated heterocycles. The minimum atomic E-state index is -2.06. The van der Waals surface area contributed by atoms with Crippen LogP contribution in [0.3, 0.4) is 0 Å². The molecule has 0 aliphatic carbocycles. The lowest BCUT2D eigenvalue weighted by atomic mass is 9.95. The zero-order chi connectivity index (χ0) is 39.5. The van der Waals surface area contributed by atoms with E-state index in [-0.39, 0.29) is 30.6 Å². The molecule has 3 heterocycles. The van der Waals surface area contributed by atoms with Gasteiger partial charge in [-0.15, -0.1) is 5.10 Å². The first-order valence-corrected chi connectivity index (χ1v) is 23.0. The van der Waals surface area contributed by atoms with Gasteiger partial charge in [0.05, 0.1) is 56.9 Å². The molecule has 10 heteroatoms. The minimum absolute atomic E-state index is 0.0338. The molecule has 1 N–H and O–H groups in total. The first kappa shape index (κ1) is 38.3. The number of carbonyl (C=O) groups excluding carboxylic acids is 1. The van der Waals surface area contributed by atoms with E-state index in [1.807, 2.05) is 102 Å². The Morgan fingerprint density at radius 2 is 1.53 bits per heavy atom. The molecule has 0 spiro atoms. The van der Waals surface area contributed by atoms with Crippen LogP contribution in [0.5, 0.6) is 17.2 Å². The van der Waals surface area contributed by atoms with Crippen LogP contribution in [0.25, 0.3) is 0 Å². The van der Waals surface area contributed by atoms with Crippen LogP contribution in [0.4, 0.5) is 11.4 Å². The van der Waals surface area contributed by atoms with E-state index >= 15 is 0 Å². The van der Waals surface area contributed by atoms with Gasteiger partial charge in [-0.3, -0.25) is 14.4 Å². The summed E-state index contributed by atoms with van der Waals surface area (Å²) in [5.74, 6) is 2.06. The van der Waals surface area contributed by atoms with Crippen molar-refractivity contribution in [3.05, 3.63) is 156 Å². The molecule has 292 valence electrons. The molecule has 1 unspecified atom stereocenters. The largest absolute Gasteiger partial charge is 0.497 e. The van der Waals surface area contributed by atoms with Gasteiger partial charge in [-0.05, 0) is 90.4 Å². The number of carbonyl (C=O) groups is 1. The highest BCUT2D eigenvalue weighted by atomic mass is 28.3. The Kier molecular flexibility index (Phi) is 11.1. The maximum absolute atomic E-state index is 14.0. The van der Waals surface area contributed by atoms with Gasteiger partial charge in [-0.2, -0.15) is 0 Å². The fourth-order valence-corrected chi connectivity index (χ4v) is 13.1. The zero-order valence-electron chi connectivity index (χ0n) is 33.0. The number of ether oxygens (including phenoxy) is 3. The van der Waals surface area contributed by atoms with Crippen LogP contribution >= 0.6 is 0 Å². The average Bonchev–Trinajstić information content (AvgIpc) is 3.81. The molecule has 2 aliphatic rings. The summed E-state index contributed by atoms with van der Waals surface area (Å²) in [6.07, 6.45) is 4.65. The number of benzene rings is 5. The van der Waals surface area contributed by atoms with Crippen molar-refractivity contribution in [3.8, 4) is 17.2 Å². The van der Waals surface area contributed by atoms with Crippen molar-refractivity contribution in [1.29, 1.82) is 0 Å². The van der Waals surface area contributed by atoms with Crippen LogP contribution in [-0.4, -0.2) is 60.0 Å². The number of aromatic nitrogens is 3. The quantitative estimate of drug-likeness (QED) is 0.117. The number of anilines is 2. The molecule has 2 aliphatic heterocycles. The van der Waals surface area contributed by atoms with Crippen LogP contribution in [0, 0.1) is 5.92 Å². The van der Waals surface area contributed by atoms with Crippen molar-refractivity contribution in [2.45, 2.75) is 69.5 Å². The Balaban J connectivity index is 0.998. The van der Waals surface area contributed by atoms with E-state index in [1.165, 1.54) is 10.8 Å². The van der Waals surface area contributed by atoms with E-state index in [1.54, 1.807) is 12.0 Å². The number of aryl methyl sites for hydroxylation is 2.